The number of nitrogens with zero attached hydrogens (tertiary/aromatic N) is 1. The van der Waals surface area contributed by atoms with Crippen molar-refractivity contribution in [1.29, 1.82) is 0 Å². The number of benzene rings is 1. The van der Waals surface area contributed by atoms with Gasteiger partial charge < -0.3 is 10.1 Å². The molecule has 1 atom stereocenters. The molecule has 0 aliphatic carbocycles. The fourth-order valence-electron chi connectivity index (χ4n) is 2.65. The third-order valence-corrected chi connectivity index (χ3v) is 3.62. The van der Waals surface area contributed by atoms with E-state index >= 15 is 0 Å². The van der Waals surface area contributed by atoms with Crippen LogP contribution in [0.5, 0.6) is 5.75 Å². The minimum absolute atomic E-state index is 0. The van der Waals surface area contributed by atoms with Crippen LogP contribution in [0, 0.1) is 11.6 Å². The van der Waals surface area contributed by atoms with E-state index in [9.17, 15) is 8.78 Å². The van der Waals surface area contributed by atoms with Gasteiger partial charge in [0.2, 0.25) is 0 Å². The summed E-state index contributed by atoms with van der Waals surface area (Å²) in [6.45, 7) is 5.25. The summed E-state index contributed by atoms with van der Waals surface area (Å²) in [5, 5.41) is 3.24. The average Bonchev–Trinajstić information content (AvgIpc) is 2.44. The van der Waals surface area contributed by atoms with Crippen LogP contribution in [0.4, 0.5) is 8.78 Å². The van der Waals surface area contributed by atoms with Gasteiger partial charge in [-0.3, -0.25) is 4.90 Å². The maximum Gasteiger partial charge on any atom is 0.172 e. The minimum Gasteiger partial charge on any atom is -0.494 e. The molecule has 3 nitrogen and oxygen atoms in total. The number of piperazine rings is 1. The summed E-state index contributed by atoms with van der Waals surface area (Å²) < 4.78 is 33.3. The van der Waals surface area contributed by atoms with Gasteiger partial charge in [-0.25, -0.2) is 8.78 Å². The highest BCUT2D eigenvalue weighted by atomic mass is 35.5. The third kappa shape index (κ3) is 3.40. The van der Waals surface area contributed by atoms with Crippen LogP contribution < -0.4 is 10.1 Å². The molecule has 0 aromatic heterocycles. The topological polar surface area (TPSA) is 24.5 Å². The first kappa shape index (κ1) is 17.1. The van der Waals surface area contributed by atoms with Crippen molar-refractivity contribution in [1.82, 2.24) is 10.2 Å². The summed E-state index contributed by atoms with van der Waals surface area (Å²) in [4.78, 5) is 2.12. The fourth-order valence-corrected chi connectivity index (χ4v) is 2.65. The van der Waals surface area contributed by atoms with E-state index in [1.165, 1.54) is 19.2 Å². The van der Waals surface area contributed by atoms with Gasteiger partial charge in [0.15, 0.2) is 11.6 Å². The predicted molar refractivity (Wildman–Crippen MR) is 77.6 cm³/mol. The molecule has 1 N–H and O–H groups in total. The number of nitrogens with one attached hydrogen (secondary N) is 1. The van der Waals surface area contributed by atoms with Gasteiger partial charge in [0.1, 0.15) is 5.82 Å². The van der Waals surface area contributed by atoms with Crippen molar-refractivity contribution in [3.8, 4) is 5.75 Å². The van der Waals surface area contributed by atoms with Crippen LogP contribution in [0.1, 0.15) is 24.9 Å². The Morgan fingerprint density at radius 2 is 1.95 bits per heavy atom. The number of hydrogen-bond acceptors (Lipinski definition) is 3. The van der Waals surface area contributed by atoms with Crippen molar-refractivity contribution < 1.29 is 13.5 Å². The molecule has 1 aliphatic heterocycles. The second kappa shape index (κ2) is 7.76. The van der Waals surface area contributed by atoms with Gasteiger partial charge in [-0.1, -0.05) is 6.92 Å². The van der Waals surface area contributed by atoms with Gasteiger partial charge in [0.25, 0.3) is 0 Å². The average molecular weight is 307 g/mol. The maximum atomic E-state index is 14.3. The summed E-state index contributed by atoms with van der Waals surface area (Å²) in [5.74, 6) is -0.971. The summed E-state index contributed by atoms with van der Waals surface area (Å²) in [6.07, 6.45) is 0.668. The number of hydrogen-bond donors (Lipinski definition) is 1. The Bertz CT molecular complexity index is 439. The zero-order chi connectivity index (χ0) is 13.8. The molecule has 1 aromatic carbocycles. The van der Waals surface area contributed by atoms with E-state index in [0.717, 1.165) is 26.2 Å². The molecular weight excluding hydrogens is 286 g/mol. The van der Waals surface area contributed by atoms with Crippen LogP contribution in [-0.2, 0) is 0 Å². The molecule has 1 heterocycles. The Hall–Kier alpha value is -0.910. The van der Waals surface area contributed by atoms with Crippen LogP contribution in [0.3, 0.4) is 0 Å². The largest absolute Gasteiger partial charge is 0.494 e. The molecule has 1 aromatic rings. The Labute approximate surface area is 124 Å². The number of rotatable bonds is 4. The normalized spacial score (nSPS) is 17.4. The van der Waals surface area contributed by atoms with Crippen molar-refractivity contribution in [2.45, 2.75) is 19.4 Å². The monoisotopic (exact) mass is 306 g/mol. The standard InChI is InChI=1S/C14H20F2N2O.ClH/c1-3-11(18-8-6-17-7-9-18)13-10(15)4-5-12(19-2)14(13)16;/h4-5,11,17H,3,6-9H2,1-2H3;1H/t11-;/m0./s1. The molecule has 114 valence electrons. The highest BCUT2D eigenvalue weighted by molar-refractivity contribution is 5.85. The van der Waals surface area contributed by atoms with Gasteiger partial charge in [0.05, 0.1) is 7.11 Å². The minimum atomic E-state index is -0.576. The first-order chi connectivity index (χ1) is 9.19. The molecule has 0 amide bonds. The zero-order valence-electron chi connectivity index (χ0n) is 11.8. The lowest BCUT2D eigenvalue weighted by molar-refractivity contribution is 0.162. The Kier molecular flexibility index (Phi) is 6.65. The first-order valence-corrected chi connectivity index (χ1v) is 6.65. The second-order valence-electron chi connectivity index (χ2n) is 4.69. The first-order valence-electron chi connectivity index (χ1n) is 6.65. The molecule has 0 saturated carbocycles. The quantitative estimate of drug-likeness (QED) is 0.926. The van der Waals surface area contributed by atoms with Crippen molar-refractivity contribution in [2.24, 2.45) is 0 Å². The van der Waals surface area contributed by atoms with Crippen molar-refractivity contribution >= 4 is 12.4 Å². The van der Waals surface area contributed by atoms with E-state index in [1.807, 2.05) is 6.92 Å². The van der Waals surface area contributed by atoms with Gasteiger partial charge in [-0.2, -0.15) is 0 Å². The van der Waals surface area contributed by atoms with Gasteiger partial charge in [0, 0.05) is 37.8 Å². The van der Waals surface area contributed by atoms with Crippen LogP contribution >= 0.6 is 12.4 Å². The molecule has 0 unspecified atom stereocenters. The summed E-state index contributed by atoms with van der Waals surface area (Å²) in [5.41, 5.74) is 0.128. The number of halogens is 3. The van der Waals surface area contributed by atoms with Crippen LogP contribution in [0.2, 0.25) is 0 Å². The summed E-state index contributed by atoms with van der Waals surface area (Å²) in [6, 6.07) is 2.37. The van der Waals surface area contributed by atoms with Crippen LogP contribution in [0.15, 0.2) is 12.1 Å². The molecule has 6 heteroatoms. The van der Waals surface area contributed by atoms with Gasteiger partial charge in [-0.15, -0.1) is 12.4 Å². The van der Waals surface area contributed by atoms with Gasteiger partial charge >= 0.3 is 0 Å². The highest BCUT2D eigenvalue weighted by Crippen LogP contribution is 2.33. The summed E-state index contributed by atoms with van der Waals surface area (Å²) >= 11 is 0. The van der Waals surface area contributed by atoms with Crippen LogP contribution in [-0.4, -0.2) is 38.2 Å². The molecule has 0 bridgehead atoms. The lowest BCUT2D eigenvalue weighted by atomic mass is 10.00. The van der Waals surface area contributed by atoms with Crippen molar-refractivity contribution in [3.63, 3.8) is 0 Å². The Balaban J connectivity index is 0.00000200. The Morgan fingerprint density at radius 3 is 2.50 bits per heavy atom. The third-order valence-electron chi connectivity index (χ3n) is 3.62. The second-order valence-corrected chi connectivity index (χ2v) is 4.69. The van der Waals surface area contributed by atoms with E-state index < -0.39 is 11.6 Å². The molecule has 0 radical (unpaired) electrons. The molecule has 1 fully saturated rings. The van der Waals surface area contributed by atoms with Crippen molar-refractivity contribution in [2.75, 3.05) is 33.3 Å². The SMILES string of the molecule is CC[C@@H](c1c(F)ccc(OC)c1F)N1CCNCC1.Cl. The smallest absolute Gasteiger partial charge is 0.172 e. The molecule has 1 aliphatic rings. The van der Waals surface area contributed by atoms with E-state index in [2.05, 4.69) is 10.2 Å². The lowest BCUT2D eigenvalue weighted by Crippen LogP contribution is -2.45. The molecule has 0 spiro atoms. The van der Waals surface area contributed by atoms with E-state index in [0.29, 0.717) is 6.42 Å². The number of methoxy groups -OCH3 is 1. The van der Waals surface area contributed by atoms with Gasteiger partial charge in [-0.05, 0) is 18.6 Å². The predicted octanol–water partition coefficient (Wildman–Crippen LogP) is 2.75. The molecular formula is C14H21ClF2N2O. The summed E-state index contributed by atoms with van der Waals surface area (Å²) in [7, 11) is 1.39. The maximum absolute atomic E-state index is 14.3. The van der Waals surface area contributed by atoms with E-state index in [-0.39, 0.29) is 29.8 Å². The Morgan fingerprint density at radius 1 is 1.30 bits per heavy atom. The lowest BCUT2D eigenvalue weighted by Gasteiger charge is -2.35. The highest BCUT2D eigenvalue weighted by Gasteiger charge is 2.27. The molecule has 20 heavy (non-hydrogen) atoms. The van der Waals surface area contributed by atoms with Crippen LogP contribution in [0.25, 0.3) is 0 Å². The van der Waals surface area contributed by atoms with E-state index in [4.69, 9.17) is 4.74 Å². The molecule has 1 saturated heterocycles. The van der Waals surface area contributed by atoms with Crippen molar-refractivity contribution in [3.05, 3.63) is 29.3 Å². The number of ether oxygens (including phenoxy) is 1. The van der Waals surface area contributed by atoms with E-state index in [1.54, 1.807) is 0 Å². The zero-order valence-corrected chi connectivity index (χ0v) is 12.6. The molecule has 2 rings (SSSR count). The fraction of sp³-hybridized carbons (Fsp3) is 0.571.